The molecule has 0 atom stereocenters. The highest BCUT2D eigenvalue weighted by molar-refractivity contribution is 8.01. The summed E-state index contributed by atoms with van der Waals surface area (Å²) in [5.74, 6) is 0.560. The topological polar surface area (TPSA) is 87.1 Å². The molecule has 8 heteroatoms. The Morgan fingerprint density at radius 1 is 1.30 bits per heavy atom. The molecule has 1 aromatic carbocycles. The summed E-state index contributed by atoms with van der Waals surface area (Å²) in [6.07, 6.45) is 0. The van der Waals surface area contributed by atoms with Crippen LogP contribution in [0.25, 0.3) is 0 Å². The van der Waals surface area contributed by atoms with E-state index in [1.165, 1.54) is 23.1 Å². The average molecular weight is 310 g/mol. The SMILES string of the molecule is Cc1ccc(NC(=O)Nc2nnc(SCCO)s2)cc1. The van der Waals surface area contributed by atoms with E-state index in [4.69, 9.17) is 5.11 Å². The van der Waals surface area contributed by atoms with Crippen molar-refractivity contribution in [2.24, 2.45) is 0 Å². The number of benzene rings is 1. The normalized spacial score (nSPS) is 10.3. The smallest absolute Gasteiger partial charge is 0.325 e. The van der Waals surface area contributed by atoms with Crippen molar-refractivity contribution in [3.05, 3.63) is 29.8 Å². The molecule has 6 nitrogen and oxygen atoms in total. The number of carbonyl (C=O) groups is 1. The number of nitrogens with one attached hydrogen (secondary N) is 2. The zero-order valence-corrected chi connectivity index (χ0v) is 12.4. The molecular weight excluding hydrogens is 296 g/mol. The summed E-state index contributed by atoms with van der Waals surface area (Å²) >= 11 is 2.67. The maximum absolute atomic E-state index is 11.8. The molecule has 0 aliphatic carbocycles. The summed E-state index contributed by atoms with van der Waals surface area (Å²) in [7, 11) is 0. The first-order valence-electron chi connectivity index (χ1n) is 5.89. The number of aliphatic hydroxyl groups is 1. The number of aromatic nitrogens is 2. The minimum atomic E-state index is -0.358. The second-order valence-electron chi connectivity index (χ2n) is 3.89. The summed E-state index contributed by atoms with van der Waals surface area (Å²) in [6, 6.07) is 7.15. The molecule has 20 heavy (non-hydrogen) atoms. The Kier molecular flexibility index (Phi) is 5.33. The first-order chi connectivity index (χ1) is 9.67. The summed E-state index contributed by atoms with van der Waals surface area (Å²) in [6.45, 7) is 2.07. The van der Waals surface area contributed by atoms with Crippen molar-refractivity contribution in [1.29, 1.82) is 0 Å². The maximum Gasteiger partial charge on any atom is 0.325 e. The van der Waals surface area contributed by atoms with E-state index in [0.29, 0.717) is 20.9 Å². The van der Waals surface area contributed by atoms with Gasteiger partial charge in [-0.15, -0.1) is 10.2 Å². The predicted molar refractivity (Wildman–Crippen MR) is 81.5 cm³/mol. The van der Waals surface area contributed by atoms with Crippen LogP contribution in [-0.4, -0.2) is 33.7 Å². The molecule has 0 unspecified atom stereocenters. The van der Waals surface area contributed by atoms with Crippen LogP contribution in [0, 0.1) is 6.92 Å². The third kappa shape index (κ3) is 4.48. The predicted octanol–water partition coefficient (Wildman–Crippen LogP) is 2.57. The molecule has 1 heterocycles. The van der Waals surface area contributed by atoms with Crippen LogP contribution in [0.15, 0.2) is 28.6 Å². The molecule has 0 spiro atoms. The first kappa shape index (κ1) is 14.8. The van der Waals surface area contributed by atoms with E-state index in [9.17, 15) is 4.79 Å². The van der Waals surface area contributed by atoms with Gasteiger partial charge >= 0.3 is 6.03 Å². The van der Waals surface area contributed by atoms with E-state index < -0.39 is 0 Å². The molecule has 0 radical (unpaired) electrons. The van der Waals surface area contributed by atoms with Gasteiger partial charge in [0.25, 0.3) is 0 Å². The Morgan fingerprint density at radius 2 is 2.05 bits per heavy atom. The van der Waals surface area contributed by atoms with Crippen molar-refractivity contribution < 1.29 is 9.90 Å². The molecule has 0 saturated carbocycles. The van der Waals surface area contributed by atoms with Crippen LogP contribution in [0.3, 0.4) is 0 Å². The minimum absolute atomic E-state index is 0.0842. The van der Waals surface area contributed by atoms with E-state index in [-0.39, 0.29) is 12.6 Å². The lowest BCUT2D eigenvalue weighted by molar-refractivity contribution is 0.262. The van der Waals surface area contributed by atoms with Crippen molar-refractivity contribution in [3.8, 4) is 0 Å². The zero-order chi connectivity index (χ0) is 14.4. The number of urea groups is 1. The summed E-state index contributed by atoms with van der Waals surface area (Å²) < 4.78 is 0.713. The van der Waals surface area contributed by atoms with Gasteiger partial charge in [0.2, 0.25) is 5.13 Å². The number of carbonyl (C=O) groups excluding carboxylic acids is 1. The molecule has 2 aromatic rings. The monoisotopic (exact) mass is 310 g/mol. The zero-order valence-electron chi connectivity index (χ0n) is 10.8. The van der Waals surface area contributed by atoms with Crippen LogP contribution in [0.2, 0.25) is 0 Å². The van der Waals surface area contributed by atoms with Gasteiger partial charge in [-0.05, 0) is 19.1 Å². The summed E-state index contributed by atoms with van der Waals surface area (Å²) in [5.41, 5.74) is 1.85. The minimum Gasteiger partial charge on any atom is -0.396 e. The van der Waals surface area contributed by atoms with E-state index in [1.807, 2.05) is 31.2 Å². The number of nitrogens with zero attached hydrogens (tertiary/aromatic N) is 2. The number of hydrogen-bond donors (Lipinski definition) is 3. The molecule has 0 fully saturated rings. The molecule has 0 aliphatic rings. The van der Waals surface area contributed by atoms with E-state index in [0.717, 1.165) is 5.56 Å². The largest absolute Gasteiger partial charge is 0.396 e. The number of aliphatic hydroxyl groups excluding tert-OH is 1. The first-order valence-corrected chi connectivity index (χ1v) is 7.69. The molecule has 0 bridgehead atoms. The molecule has 1 aromatic heterocycles. The lowest BCUT2D eigenvalue weighted by Gasteiger charge is -2.04. The van der Waals surface area contributed by atoms with Crippen LogP contribution in [0.4, 0.5) is 15.6 Å². The van der Waals surface area contributed by atoms with Crippen LogP contribution in [0.1, 0.15) is 5.56 Å². The Labute approximate surface area is 124 Å². The number of anilines is 2. The average Bonchev–Trinajstić information content (AvgIpc) is 2.86. The molecule has 2 amide bonds. The third-order valence-corrected chi connectivity index (χ3v) is 4.21. The number of amides is 2. The maximum atomic E-state index is 11.8. The van der Waals surface area contributed by atoms with Crippen molar-refractivity contribution in [2.45, 2.75) is 11.3 Å². The van der Waals surface area contributed by atoms with E-state index in [1.54, 1.807) is 0 Å². The Balaban J connectivity index is 1.87. The molecule has 106 valence electrons. The number of aryl methyl sites for hydroxylation is 1. The summed E-state index contributed by atoms with van der Waals surface area (Å²) in [4.78, 5) is 11.8. The van der Waals surface area contributed by atoms with Gasteiger partial charge in [-0.1, -0.05) is 40.8 Å². The molecule has 3 N–H and O–H groups in total. The van der Waals surface area contributed by atoms with E-state index in [2.05, 4.69) is 20.8 Å². The van der Waals surface area contributed by atoms with Gasteiger partial charge in [-0.25, -0.2) is 4.79 Å². The fourth-order valence-electron chi connectivity index (χ4n) is 1.35. The second-order valence-corrected chi connectivity index (χ2v) is 6.21. The lowest BCUT2D eigenvalue weighted by atomic mass is 10.2. The summed E-state index contributed by atoms with van der Waals surface area (Å²) in [5, 5.41) is 22.2. The lowest BCUT2D eigenvalue weighted by Crippen LogP contribution is -2.19. The molecule has 2 rings (SSSR count). The molecule has 0 aliphatic heterocycles. The Hall–Kier alpha value is -1.64. The van der Waals surface area contributed by atoms with Crippen LogP contribution in [-0.2, 0) is 0 Å². The van der Waals surface area contributed by atoms with Crippen molar-refractivity contribution in [2.75, 3.05) is 23.0 Å². The van der Waals surface area contributed by atoms with Gasteiger partial charge in [-0.2, -0.15) is 0 Å². The number of hydrogen-bond acceptors (Lipinski definition) is 6. The van der Waals surface area contributed by atoms with Crippen LogP contribution >= 0.6 is 23.1 Å². The number of thioether (sulfide) groups is 1. The molecular formula is C12H14N4O2S2. The number of rotatable bonds is 5. The van der Waals surface area contributed by atoms with Crippen LogP contribution in [0.5, 0.6) is 0 Å². The van der Waals surface area contributed by atoms with Crippen LogP contribution < -0.4 is 10.6 Å². The van der Waals surface area contributed by atoms with Crippen molar-refractivity contribution in [1.82, 2.24) is 10.2 Å². The Morgan fingerprint density at radius 3 is 2.75 bits per heavy atom. The fourth-order valence-corrected chi connectivity index (χ4v) is 2.91. The van der Waals surface area contributed by atoms with Gasteiger partial charge in [0.1, 0.15) is 0 Å². The standard InChI is InChI=1S/C12H14N4O2S2/c1-8-2-4-9(5-3-8)13-10(18)14-11-15-16-12(20-11)19-7-6-17/h2-5,17H,6-7H2,1H3,(H2,13,14,15,18). The molecule has 0 saturated heterocycles. The highest BCUT2D eigenvalue weighted by Gasteiger charge is 2.08. The van der Waals surface area contributed by atoms with E-state index >= 15 is 0 Å². The quantitative estimate of drug-likeness (QED) is 0.583. The third-order valence-electron chi connectivity index (χ3n) is 2.25. The Bertz CT molecular complexity index is 571. The van der Waals surface area contributed by atoms with Crippen molar-refractivity contribution in [3.63, 3.8) is 0 Å². The van der Waals surface area contributed by atoms with Gasteiger partial charge in [0.15, 0.2) is 4.34 Å². The van der Waals surface area contributed by atoms with Gasteiger partial charge in [0.05, 0.1) is 6.61 Å². The second kappa shape index (κ2) is 7.22. The van der Waals surface area contributed by atoms with Gasteiger partial charge < -0.3 is 10.4 Å². The fraction of sp³-hybridized carbons (Fsp3) is 0.250. The van der Waals surface area contributed by atoms with Gasteiger partial charge in [-0.3, -0.25) is 5.32 Å². The highest BCUT2D eigenvalue weighted by Crippen LogP contribution is 2.25. The highest BCUT2D eigenvalue weighted by atomic mass is 32.2. The van der Waals surface area contributed by atoms with Crippen molar-refractivity contribution >= 4 is 39.9 Å². The van der Waals surface area contributed by atoms with Gasteiger partial charge in [0, 0.05) is 11.4 Å².